The predicted molar refractivity (Wildman–Crippen MR) is 173 cm³/mol. The molecule has 14 nitrogen and oxygen atoms in total. The number of furan rings is 1. The molecule has 1 N–H and O–H groups in total. The highest BCUT2D eigenvalue weighted by Crippen LogP contribution is 2.87. The highest BCUT2D eigenvalue weighted by Gasteiger charge is 2.99. The maximum atomic E-state index is 14.7. The van der Waals surface area contributed by atoms with Gasteiger partial charge in [0.15, 0.2) is 6.10 Å². The quantitative estimate of drug-likeness (QED) is 0.232. The molecule has 4 aliphatic carbocycles. The van der Waals surface area contributed by atoms with E-state index in [-0.39, 0.29) is 32.1 Å². The second-order valence-corrected chi connectivity index (χ2v) is 17.5. The van der Waals surface area contributed by atoms with E-state index >= 15 is 0 Å². The molecule has 3 saturated heterocycles. The van der Waals surface area contributed by atoms with Gasteiger partial charge in [-0.3, -0.25) is 24.0 Å². The molecule has 52 heavy (non-hydrogen) atoms. The summed E-state index contributed by atoms with van der Waals surface area (Å²) >= 11 is 0. The highest BCUT2D eigenvalue weighted by molar-refractivity contribution is 6.01. The van der Waals surface area contributed by atoms with Crippen LogP contribution in [-0.4, -0.2) is 82.5 Å². The van der Waals surface area contributed by atoms with Gasteiger partial charge in [-0.2, -0.15) is 0 Å². The van der Waals surface area contributed by atoms with Crippen LogP contribution in [0.25, 0.3) is 0 Å². The number of esters is 4. The molecule has 4 saturated carbocycles. The number of Topliss-reactive ketones (excluding diaryl/α,β-unsaturated/α-hetero) is 1. The van der Waals surface area contributed by atoms with Crippen molar-refractivity contribution in [3.8, 4) is 0 Å². The molecule has 3 aliphatic heterocycles. The van der Waals surface area contributed by atoms with Crippen LogP contribution in [0.2, 0.25) is 0 Å². The molecule has 7 aliphatic rings. The third kappa shape index (κ3) is 3.82. The molecule has 0 radical (unpaired) electrons. The maximum Gasteiger partial charge on any atom is 0.317 e. The molecule has 7 fully saturated rings. The molecule has 4 heterocycles. The SMILES string of the molecule is COC(=O)CC1C2(C)CC34CC(O)(C2OC(C)=O)C2OC(=O)C(C(=O)C(C)C)C5C(C)(C(OC(C)=O)c6ccoc6)CCC6(OC(C)(O3)OC526)C14C. The number of ether oxygens (including phenoxy) is 7. The van der Waals surface area contributed by atoms with Crippen molar-refractivity contribution in [1.29, 1.82) is 0 Å². The summed E-state index contributed by atoms with van der Waals surface area (Å²) in [5.74, 6) is -8.90. The summed E-state index contributed by atoms with van der Waals surface area (Å²) in [5, 5.41) is 13.6. The number of ketones is 1. The monoisotopic (exact) mass is 728 g/mol. The summed E-state index contributed by atoms with van der Waals surface area (Å²) in [6.45, 7) is 13.2. The van der Waals surface area contributed by atoms with Gasteiger partial charge in [0, 0.05) is 67.3 Å². The van der Waals surface area contributed by atoms with Crippen molar-refractivity contribution in [2.24, 2.45) is 39.9 Å². The van der Waals surface area contributed by atoms with Gasteiger partial charge in [0.05, 0.1) is 25.2 Å². The van der Waals surface area contributed by atoms with Gasteiger partial charge >= 0.3 is 23.9 Å². The zero-order valence-electron chi connectivity index (χ0n) is 31.1. The number of rotatable bonds is 8. The van der Waals surface area contributed by atoms with Crippen LogP contribution in [0.3, 0.4) is 0 Å². The summed E-state index contributed by atoms with van der Waals surface area (Å²) in [6, 6.07) is 1.66. The van der Waals surface area contributed by atoms with Gasteiger partial charge < -0.3 is 42.7 Å². The summed E-state index contributed by atoms with van der Waals surface area (Å²) < 4.78 is 50.9. The van der Waals surface area contributed by atoms with E-state index in [2.05, 4.69) is 0 Å². The molecule has 14 unspecified atom stereocenters. The van der Waals surface area contributed by atoms with E-state index in [1.165, 1.54) is 33.5 Å². The fourth-order valence-corrected chi connectivity index (χ4v) is 13.4. The lowest BCUT2D eigenvalue weighted by atomic mass is 9.39. The zero-order chi connectivity index (χ0) is 37.8. The fraction of sp³-hybridized carbons (Fsp3) is 0.763. The van der Waals surface area contributed by atoms with Crippen molar-refractivity contribution in [2.75, 3.05) is 7.11 Å². The fourth-order valence-electron chi connectivity index (χ4n) is 13.4. The minimum absolute atomic E-state index is 0.147. The average Bonchev–Trinajstić information content (AvgIpc) is 3.69. The molecule has 14 atom stereocenters. The Kier molecular flexibility index (Phi) is 7.17. The number of carbonyl (C=O) groups excluding carboxylic acids is 5. The Hall–Kier alpha value is -3.33. The molecule has 8 rings (SSSR count). The van der Waals surface area contributed by atoms with Gasteiger partial charge in [-0.25, -0.2) is 0 Å². The van der Waals surface area contributed by atoms with Crippen molar-refractivity contribution in [3.05, 3.63) is 24.2 Å². The average molecular weight is 729 g/mol. The Bertz CT molecular complexity index is 1770. The van der Waals surface area contributed by atoms with Crippen LogP contribution in [0.1, 0.15) is 99.2 Å². The van der Waals surface area contributed by atoms with Gasteiger partial charge in [0.25, 0.3) is 5.97 Å². The molecular weight excluding hydrogens is 680 g/mol. The molecule has 5 bridgehead atoms. The third-order valence-corrected chi connectivity index (χ3v) is 14.6. The van der Waals surface area contributed by atoms with E-state index in [0.29, 0.717) is 5.56 Å². The van der Waals surface area contributed by atoms with Crippen LogP contribution in [0.5, 0.6) is 0 Å². The van der Waals surface area contributed by atoms with E-state index in [1.807, 2.05) is 20.8 Å². The molecule has 284 valence electrons. The van der Waals surface area contributed by atoms with Gasteiger partial charge in [0.1, 0.15) is 40.7 Å². The van der Waals surface area contributed by atoms with Crippen molar-refractivity contribution in [1.82, 2.24) is 0 Å². The topological polar surface area (TPSA) is 183 Å². The molecule has 3 spiro atoms. The molecule has 1 aromatic heterocycles. The second-order valence-electron chi connectivity index (χ2n) is 17.5. The van der Waals surface area contributed by atoms with Crippen LogP contribution >= 0.6 is 0 Å². The first kappa shape index (κ1) is 35.7. The lowest BCUT2D eigenvalue weighted by molar-refractivity contribution is -0.448. The van der Waals surface area contributed by atoms with Crippen LogP contribution in [0.4, 0.5) is 0 Å². The number of carbonyl (C=O) groups is 5. The molecule has 0 amide bonds. The van der Waals surface area contributed by atoms with E-state index in [9.17, 15) is 29.1 Å². The normalized spacial score (nSPS) is 49.5. The molecule has 1 aromatic rings. The third-order valence-electron chi connectivity index (χ3n) is 14.6. The summed E-state index contributed by atoms with van der Waals surface area (Å²) in [4.78, 5) is 68.7. The van der Waals surface area contributed by atoms with Gasteiger partial charge in [-0.05, 0) is 31.2 Å². The van der Waals surface area contributed by atoms with Gasteiger partial charge in [-0.15, -0.1) is 0 Å². The molecule has 14 heteroatoms. The highest BCUT2D eigenvalue weighted by atomic mass is 16.9. The van der Waals surface area contributed by atoms with E-state index in [4.69, 9.17) is 37.6 Å². The van der Waals surface area contributed by atoms with Crippen molar-refractivity contribution < 1.29 is 66.7 Å². The van der Waals surface area contributed by atoms with E-state index in [0.717, 1.165) is 0 Å². The first-order chi connectivity index (χ1) is 24.2. The summed E-state index contributed by atoms with van der Waals surface area (Å²) in [6.07, 6.45) is -0.679. The largest absolute Gasteiger partial charge is 0.472 e. The van der Waals surface area contributed by atoms with E-state index in [1.54, 1.807) is 26.8 Å². The Morgan fingerprint density at radius 1 is 1.00 bits per heavy atom. The standard InChI is InChI=1S/C38H48O14/c1-18(2)25(42)24-26-31(5,27(47-19(3)39)21-10-13-46-15-21)11-12-37-33(7)22(14-23(41)45-9)32(6)16-35(33)17-36(44,29(32)48-20(4)40)30(49-28(24)43)38(26,37)52-34(8,50-35)51-37/h10,13,15,18,22,24,26-27,29-30,44H,11-12,14,16-17H2,1-9H3. The number of hydrogen-bond donors (Lipinski definition) is 1. The van der Waals surface area contributed by atoms with Crippen molar-refractivity contribution >= 4 is 29.7 Å². The molecular formula is C38H48O14. The minimum Gasteiger partial charge on any atom is -0.472 e. The first-order valence-electron chi connectivity index (χ1n) is 18.2. The van der Waals surface area contributed by atoms with Crippen LogP contribution in [0, 0.1) is 39.9 Å². The number of aliphatic hydroxyl groups is 1. The van der Waals surface area contributed by atoms with Gasteiger partial charge in [-0.1, -0.05) is 34.6 Å². The molecule has 0 aromatic carbocycles. The second kappa shape index (κ2) is 10.5. The Balaban J connectivity index is 1.50. The smallest absolute Gasteiger partial charge is 0.317 e. The van der Waals surface area contributed by atoms with Gasteiger partial charge in [0.2, 0.25) is 0 Å². The Morgan fingerprint density at radius 3 is 2.31 bits per heavy atom. The maximum absolute atomic E-state index is 14.7. The van der Waals surface area contributed by atoms with Crippen LogP contribution in [0.15, 0.2) is 23.0 Å². The first-order valence-corrected chi connectivity index (χ1v) is 18.2. The zero-order valence-corrected chi connectivity index (χ0v) is 31.1. The Labute approximate surface area is 301 Å². The number of methoxy groups -OCH3 is 1. The Morgan fingerprint density at radius 2 is 1.71 bits per heavy atom. The van der Waals surface area contributed by atoms with Crippen molar-refractivity contribution in [3.63, 3.8) is 0 Å². The van der Waals surface area contributed by atoms with Crippen LogP contribution in [-0.2, 0) is 57.1 Å². The number of fused-ring (bicyclic) bond motifs is 4. The lowest BCUT2D eigenvalue weighted by Gasteiger charge is -2.69. The predicted octanol–water partition coefficient (Wildman–Crippen LogP) is 3.71. The van der Waals surface area contributed by atoms with E-state index < -0.39 is 116 Å². The lowest BCUT2D eigenvalue weighted by Crippen LogP contribution is -2.84. The van der Waals surface area contributed by atoms with Crippen molar-refractivity contribution in [2.45, 2.75) is 134 Å². The minimum atomic E-state index is -2.17. The summed E-state index contributed by atoms with van der Waals surface area (Å²) in [5.41, 5.74) is -9.92. The van der Waals surface area contributed by atoms with Crippen LogP contribution < -0.4 is 0 Å². The number of hydrogen-bond acceptors (Lipinski definition) is 14. The summed E-state index contributed by atoms with van der Waals surface area (Å²) in [7, 11) is 1.30.